The molecule has 0 aromatic rings. The molecule has 1 saturated heterocycles. The molecule has 1 atom stereocenters. The Labute approximate surface area is 85.0 Å². The molecule has 0 aliphatic carbocycles. The van der Waals surface area contributed by atoms with Crippen LogP contribution in [0.3, 0.4) is 0 Å². The third kappa shape index (κ3) is 2.45. The third-order valence-electron chi connectivity index (χ3n) is 2.27. The summed E-state index contributed by atoms with van der Waals surface area (Å²) >= 11 is 0. The van der Waals surface area contributed by atoms with Gasteiger partial charge in [-0.25, -0.2) is 0 Å². The van der Waals surface area contributed by atoms with Crippen LogP contribution in [0.1, 0.15) is 27.7 Å². The molecule has 0 amide bonds. The lowest BCUT2D eigenvalue weighted by Gasteiger charge is -2.42. The molecule has 0 aromatic carbocycles. The quantitative estimate of drug-likeness (QED) is 0.683. The predicted octanol–water partition coefficient (Wildman–Crippen LogP) is 0.707. The molecule has 0 radical (unpaired) electrons. The van der Waals surface area contributed by atoms with Crippen molar-refractivity contribution in [1.82, 2.24) is 5.32 Å². The third-order valence-corrected chi connectivity index (χ3v) is 2.27. The zero-order valence-electron chi connectivity index (χ0n) is 9.35. The van der Waals surface area contributed by atoms with Crippen LogP contribution in [0.5, 0.6) is 0 Å². The molecular formula is C10H19NO3. The minimum absolute atomic E-state index is 0.202. The summed E-state index contributed by atoms with van der Waals surface area (Å²) in [4.78, 5) is 11.4. The van der Waals surface area contributed by atoms with E-state index in [0.717, 1.165) is 0 Å². The summed E-state index contributed by atoms with van der Waals surface area (Å²) in [5.41, 5.74) is -0.891. The van der Waals surface area contributed by atoms with Crippen LogP contribution in [0.2, 0.25) is 0 Å². The summed E-state index contributed by atoms with van der Waals surface area (Å²) in [6, 6.07) is 0. The fourth-order valence-corrected chi connectivity index (χ4v) is 1.65. The molecule has 82 valence electrons. The molecule has 1 aliphatic rings. The monoisotopic (exact) mass is 201 g/mol. The first kappa shape index (κ1) is 11.5. The van der Waals surface area contributed by atoms with E-state index in [4.69, 9.17) is 9.47 Å². The SMILES string of the molecule is CCOCC1(C)COC(=O)C(C)(C)N1. The number of cyclic esters (lactones) is 1. The maximum atomic E-state index is 11.4. The number of esters is 1. The molecule has 1 aliphatic heterocycles. The van der Waals surface area contributed by atoms with Gasteiger partial charge in [0.05, 0.1) is 12.1 Å². The van der Waals surface area contributed by atoms with E-state index in [1.807, 2.05) is 27.7 Å². The first-order valence-electron chi connectivity index (χ1n) is 4.94. The van der Waals surface area contributed by atoms with E-state index in [2.05, 4.69) is 5.32 Å². The molecule has 0 bridgehead atoms. The van der Waals surface area contributed by atoms with E-state index < -0.39 is 5.54 Å². The summed E-state index contributed by atoms with van der Waals surface area (Å²) in [5, 5.41) is 3.25. The number of carbonyl (C=O) groups is 1. The second-order valence-corrected chi connectivity index (χ2v) is 4.52. The topological polar surface area (TPSA) is 47.6 Å². The van der Waals surface area contributed by atoms with Gasteiger partial charge in [0.15, 0.2) is 0 Å². The molecule has 1 unspecified atom stereocenters. The van der Waals surface area contributed by atoms with Crippen molar-refractivity contribution in [2.75, 3.05) is 19.8 Å². The number of rotatable bonds is 3. The van der Waals surface area contributed by atoms with Gasteiger partial charge < -0.3 is 9.47 Å². The predicted molar refractivity (Wildman–Crippen MR) is 53.1 cm³/mol. The van der Waals surface area contributed by atoms with Gasteiger partial charge in [0, 0.05) is 6.61 Å². The molecule has 1 fully saturated rings. The van der Waals surface area contributed by atoms with Crippen LogP contribution in [-0.2, 0) is 14.3 Å². The highest BCUT2D eigenvalue weighted by molar-refractivity contribution is 5.80. The Morgan fingerprint density at radius 1 is 1.50 bits per heavy atom. The number of nitrogens with one attached hydrogen (secondary N) is 1. The Bertz CT molecular complexity index is 227. The minimum Gasteiger partial charge on any atom is -0.462 e. The van der Waals surface area contributed by atoms with Crippen molar-refractivity contribution in [2.24, 2.45) is 0 Å². The van der Waals surface area contributed by atoms with E-state index in [-0.39, 0.29) is 11.5 Å². The Hall–Kier alpha value is -0.610. The van der Waals surface area contributed by atoms with Gasteiger partial charge in [-0.15, -0.1) is 0 Å². The molecule has 0 saturated carbocycles. The van der Waals surface area contributed by atoms with Crippen LogP contribution in [0.4, 0.5) is 0 Å². The molecule has 1 N–H and O–H groups in total. The normalized spacial score (nSPS) is 31.3. The lowest BCUT2D eigenvalue weighted by molar-refractivity contribution is -0.163. The molecular weight excluding hydrogens is 182 g/mol. The highest BCUT2D eigenvalue weighted by atomic mass is 16.5. The summed E-state index contributed by atoms with van der Waals surface area (Å²) in [5.74, 6) is -0.202. The van der Waals surface area contributed by atoms with Gasteiger partial charge in [0.1, 0.15) is 12.1 Å². The van der Waals surface area contributed by atoms with Gasteiger partial charge in [-0.3, -0.25) is 10.1 Å². The summed E-state index contributed by atoms with van der Waals surface area (Å²) in [7, 11) is 0. The van der Waals surface area contributed by atoms with E-state index in [1.54, 1.807) is 0 Å². The van der Waals surface area contributed by atoms with Gasteiger partial charge in [-0.05, 0) is 27.7 Å². The number of ether oxygens (including phenoxy) is 2. The van der Waals surface area contributed by atoms with Crippen LogP contribution < -0.4 is 5.32 Å². The second kappa shape index (κ2) is 3.87. The standard InChI is InChI=1S/C10H19NO3/c1-5-13-6-10(4)7-14-8(12)9(2,3)11-10/h11H,5-7H2,1-4H3. The fourth-order valence-electron chi connectivity index (χ4n) is 1.65. The maximum absolute atomic E-state index is 11.4. The Kier molecular flexibility index (Phi) is 3.17. The van der Waals surface area contributed by atoms with Crippen molar-refractivity contribution >= 4 is 5.97 Å². The van der Waals surface area contributed by atoms with Crippen LogP contribution in [0.25, 0.3) is 0 Å². The molecule has 14 heavy (non-hydrogen) atoms. The second-order valence-electron chi connectivity index (χ2n) is 4.52. The van der Waals surface area contributed by atoms with E-state index in [9.17, 15) is 4.79 Å². The van der Waals surface area contributed by atoms with Crippen molar-refractivity contribution in [1.29, 1.82) is 0 Å². The Morgan fingerprint density at radius 2 is 2.14 bits per heavy atom. The summed E-state index contributed by atoms with van der Waals surface area (Å²) in [6.07, 6.45) is 0. The lowest BCUT2D eigenvalue weighted by Crippen LogP contribution is -2.66. The first-order valence-corrected chi connectivity index (χ1v) is 4.94. The number of hydrogen-bond acceptors (Lipinski definition) is 4. The van der Waals surface area contributed by atoms with Crippen molar-refractivity contribution < 1.29 is 14.3 Å². The molecule has 1 heterocycles. The van der Waals surface area contributed by atoms with E-state index in [1.165, 1.54) is 0 Å². The Balaban J connectivity index is 2.61. The average molecular weight is 201 g/mol. The Morgan fingerprint density at radius 3 is 2.64 bits per heavy atom. The molecule has 4 nitrogen and oxygen atoms in total. The largest absolute Gasteiger partial charge is 0.462 e. The number of morpholine rings is 1. The summed E-state index contributed by atoms with van der Waals surface area (Å²) < 4.78 is 10.5. The number of carbonyl (C=O) groups excluding carboxylic acids is 1. The highest BCUT2D eigenvalue weighted by Gasteiger charge is 2.43. The molecule has 4 heteroatoms. The van der Waals surface area contributed by atoms with Gasteiger partial charge >= 0.3 is 5.97 Å². The minimum atomic E-state index is -0.621. The van der Waals surface area contributed by atoms with Crippen LogP contribution in [-0.4, -0.2) is 36.9 Å². The zero-order chi connectivity index (χ0) is 10.8. The zero-order valence-corrected chi connectivity index (χ0v) is 9.35. The van der Waals surface area contributed by atoms with Crippen molar-refractivity contribution in [3.05, 3.63) is 0 Å². The van der Waals surface area contributed by atoms with E-state index in [0.29, 0.717) is 19.8 Å². The van der Waals surface area contributed by atoms with E-state index >= 15 is 0 Å². The van der Waals surface area contributed by atoms with Crippen molar-refractivity contribution in [3.63, 3.8) is 0 Å². The maximum Gasteiger partial charge on any atom is 0.325 e. The van der Waals surface area contributed by atoms with Crippen molar-refractivity contribution in [3.8, 4) is 0 Å². The molecule has 0 spiro atoms. The first-order chi connectivity index (χ1) is 6.40. The van der Waals surface area contributed by atoms with Gasteiger partial charge in [0.25, 0.3) is 0 Å². The van der Waals surface area contributed by atoms with Crippen LogP contribution >= 0.6 is 0 Å². The highest BCUT2D eigenvalue weighted by Crippen LogP contribution is 2.20. The van der Waals surface area contributed by atoms with Gasteiger partial charge in [0.2, 0.25) is 0 Å². The molecule has 1 rings (SSSR count). The smallest absolute Gasteiger partial charge is 0.325 e. The molecule has 0 aromatic heterocycles. The summed E-state index contributed by atoms with van der Waals surface area (Å²) in [6.45, 7) is 9.18. The lowest BCUT2D eigenvalue weighted by atomic mass is 9.94. The van der Waals surface area contributed by atoms with Crippen LogP contribution in [0, 0.1) is 0 Å². The van der Waals surface area contributed by atoms with Gasteiger partial charge in [-0.1, -0.05) is 0 Å². The van der Waals surface area contributed by atoms with Crippen LogP contribution in [0.15, 0.2) is 0 Å². The number of hydrogen-bond donors (Lipinski definition) is 1. The van der Waals surface area contributed by atoms with Gasteiger partial charge in [-0.2, -0.15) is 0 Å². The van der Waals surface area contributed by atoms with Crippen molar-refractivity contribution in [2.45, 2.75) is 38.8 Å². The average Bonchev–Trinajstić information content (AvgIpc) is 2.08. The fraction of sp³-hybridized carbons (Fsp3) is 0.900.